The minimum atomic E-state index is -0.245. The first-order valence-corrected chi connectivity index (χ1v) is 7.64. The first-order chi connectivity index (χ1) is 9.72. The highest BCUT2D eigenvalue weighted by atomic mass is 79.9. The molecule has 106 valence electrons. The number of hydrogen-bond donors (Lipinski definition) is 1. The van der Waals surface area contributed by atoms with Crippen molar-refractivity contribution < 1.29 is 9.63 Å². The van der Waals surface area contributed by atoms with Crippen LogP contribution in [0.2, 0.25) is 0 Å². The van der Waals surface area contributed by atoms with E-state index in [0.717, 1.165) is 30.2 Å². The fourth-order valence-electron chi connectivity index (χ4n) is 2.60. The quantitative estimate of drug-likeness (QED) is 0.931. The van der Waals surface area contributed by atoms with E-state index in [-0.39, 0.29) is 12.0 Å². The van der Waals surface area contributed by atoms with E-state index in [0.29, 0.717) is 23.8 Å². The Balaban J connectivity index is 1.71. The Morgan fingerprint density at radius 2 is 2.15 bits per heavy atom. The van der Waals surface area contributed by atoms with Gasteiger partial charge in [-0.15, -0.1) is 0 Å². The van der Waals surface area contributed by atoms with Crippen LogP contribution in [0.25, 0.3) is 11.5 Å². The summed E-state index contributed by atoms with van der Waals surface area (Å²) in [6.07, 6.45) is 6.27. The zero-order chi connectivity index (χ0) is 13.9. The third-order valence-corrected chi connectivity index (χ3v) is 4.20. The van der Waals surface area contributed by atoms with Gasteiger partial charge in [0, 0.05) is 17.1 Å². The second-order valence-electron chi connectivity index (χ2n) is 5.19. The number of halogens is 1. The number of rotatable bonds is 3. The summed E-state index contributed by atoms with van der Waals surface area (Å²) >= 11 is 3.34. The van der Waals surface area contributed by atoms with Gasteiger partial charge in [0.15, 0.2) is 0 Å². The van der Waals surface area contributed by atoms with Gasteiger partial charge in [-0.05, 0) is 46.8 Å². The SMILES string of the molecule is OC1CCCCC1Cc1nc(-c2ccc(Br)cn2)no1. The molecule has 0 spiro atoms. The molecule has 1 aliphatic carbocycles. The molecule has 2 heterocycles. The highest BCUT2D eigenvalue weighted by Gasteiger charge is 2.25. The second kappa shape index (κ2) is 6.01. The lowest BCUT2D eigenvalue weighted by Gasteiger charge is -2.26. The standard InChI is InChI=1S/C14H16BrN3O2/c15-10-5-6-11(16-8-10)14-17-13(20-18-14)7-9-3-1-2-4-12(9)19/h5-6,8-9,12,19H,1-4,7H2. The lowest BCUT2D eigenvalue weighted by Crippen LogP contribution is -2.26. The second-order valence-corrected chi connectivity index (χ2v) is 6.11. The number of aromatic nitrogens is 3. The molecular formula is C14H16BrN3O2. The summed E-state index contributed by atoms with van der Waals surface area (Å²) in [7, 11) is 0. The van der Waals surface area contributed by atoms with Crippen molar-refractivity contribution in [2.75, 3.05) is 0 Å². The molecule has 2 atom stereocenters. The maximum absolute atomic E-state index is 9.98. The van der Waals surface area contributed by atoms with Crippen LogP contribution >= 0.6 is 15.9 Å². The molecular weight excluding hydrogens is 322 g/mol. The highest BCUT2D eigenvalue weighted by molar-refractivity contribution is 9.10. The van der Waals surface area contributed by atoms with Crippen LogP contribution in [0.15, 0.2) is 27.3 Å². The van der Waals surface area contributed by atoms with Gasteiger partial charge in [0.2, 0.25) is 11.7 Å². The van der Waals surface area contributed by atoms with Gasteiger partial charge in [-0.25, -0.2) is 0 Å². The van der Waals surface area contributed by atoms with Crippen molar-refractivity contribution in [3.63, 3.8) is 0 Å². The predicted octanol–water partition coefficient (Wildman–Crippen LogP) is 2.99. The van der Waals surface area contributed by atoms with Crippen molar-refractivity contribution in [1.82, 2.24) is 15.1 Å². The maximum atomic E-state index is 9.98. The van der Waals surface area contributed by atoms with Crippen molar-refractivity contribution in [2.45, 2.75) is 38.2 Å². The molecule has 0 bridgehead atoms. The summed E-state index contributed by atoms with van der Waals surface area (Å²) in [5.74, 6) is 1.31. The van der Waals surface area contributed by atoms with Gasteiger partial charge in [0.25, 0.3) is 0 Å². The summed E-state index contributed by atoms with van der Waals surface area (Å²) in [4.78, 5) is 8.61. The van der Waals surface area contributed by atoms with Gasteiger partial charge in [-0.2, -0.15) is 4.98 Å². The number of pyridine rings is 1. The van der Waals surface area contributed by atoms with E-state index >= 15 is 0 Å². The van der Waals surface area contributed by atoms with Crippen molar-refractivity contribution in [2.24, 2.45) is 5.92 Å². The Hall–Kier alpha value is -1.27. The Morgan fingerprint density at radius 3 is 2.90 bits per heavy atom. The molecule has 2 aromatic heterocycles. The van der Waals surface area contributed by atoms with Gasteiger partial charge in [-0.3, -0.25) is 4.98 Å². The zero-order valence-corrected chi connectivity index (χ0v) is 12.6. The van der Waals surface area contributed by atoms with Gasteiger partial charge >= 0.3 is 0 Å². The van der Waals surface area contributed by atoms with Crippen molar-refractivity contribution in [3.8, 4) is 11.5 Å². The minimum absolute atomic E-state index is 0.231. The monoisotopic (exact) mass is 337 g/mol. The number of hydrogen-bond acceptors (Lipinski definition) is 5. The third-order valence-electron chi connectivity index (χ3n) is 3.73. The Morgan fingerprint density at radius 1 is 1.30 bits per heavy atom. The molecule has 2 aromatic rings. The molecule has 1 fully saturated rings. The van der Waals surface area contributed by atoms with E-state index in [9.17, 15) is 5.11 Å². The van der Waals surface area contributed by atoms with E-state index in [1.165, 1.54) is 0 Å². The molecule has 0 radical (unpaired) electrons. The molecule has 0 aliphatic heterocycles. The molecule has 2 unspecified atom stereocenters. The largest absolute Gasteiger partial charge is 0.393 e. The van der Waals surface area contributed by atoms with Crippen LogP contribution in [0.5, 0.6) is 0 Å². The van der Waals surface area contributed by atoms with Gasteiger partial charge in [0.1, 0.15) is 5.69 Å². The number of aliphatic hydroxyl groups is 1. The first kappa shape index (κ1) is 13.7. The molecule has 0 saturated heterocycles. The smallest absolute Gasteiger partial charge is 0.227 e. The fourth-order valence-corrected chi connectivity index (χ4v) is 2.83. The summed E-state index contributed by atoms with van der Waals surface area (Å²) in [6, 6.07) is 3.73. The highest BCUT2D eigenvalue weighted by Crippen LogP contribution is 2.27. The van der Waals surface area contributed by atoms with Crippen LogP contribution in [0, 0.1) is 5.92 Å². The average molecular weight is 338 g/mol. The van der Waals surface area contributed by atoms with Crippen molar-refractivity contribution in [1.29, 1.82) is 0 Å². The van der Waals surface area contributed by atoms with Crippen LogP contribution in [-0.2, 0) is 6.42 Å². The molecule has 1 aliphatic rings. The summed E-state index contributed by atoms with van der Waals surface area (Å²) < 4.78 is 6.19. The topological polar surface area (TPSA) is 72.0 Å². The Labute approximate surface area is 125 Å². The lowest BCUT2D eigenvalue weighted by atomic mass is 9.84. The van der Waals surface area contributed by atoms with E-state index in [2.05, 4.69) is 31.1 Å². The zero-order valence-electron chi connectivity index (χ0n) is 11.0. The predicted molar refractivity (Wildman–Crippen MR) is 76.9 cm³/mol. The summed E-state index contributed by atoms with van der Waals surface area (Å²) in [5, 5.41) is 13.9. The third kappa shape index (κ3) is 3.07. The summed E-state index contributed by atoms with van der Waals surface area (Å²) in [6.45, 7) is 0. The number of aliphatic hydroxyl groups excluding tert-OH is 1. The van der Waals surface area contributed by atoms with Crippen LogP contribution in [-0.4, -0.2) is 26.3 Å². The van der Waals surface area contributed by atoms with Crippen LogP contribution < -0.4 is 0 Å². The molecule has 0 aromatic carbocycles. The average Bonchev–Trinajstić information content (AvgIpc) is 2.91. The van der Waals surface area contributed by atoms with Crippen molar-refractivity contribution >= 4 is 15.9 Å². The van der Waals surface area contributed by atoms with Gasteiger partial charge < -0.3 is 9.63 Å². The molecule has 20 heavy (non-hydrogen) atoms. The maximum Gasteiger partial charge on any atom is 0.227 e. The normalized spacial score (nSPS) is 22.9. The first-order valence-electron chi connectivity index (χ1n) is 6.85. The molecule has 1 N–H and O–H groups in total. The van der Waals surface area contributed by atoms with E-state index in [4.69, 9.17) is 4.52 Å². The molecule has 0 amide bonds. The van der Waals surface area contributed by atoms with E-state index in [1.54, 1.807) is 6.20 Å². The Bertz CT molecular complexity index is 570. The fraction of sp³-hybridized carbons (Fsp3) is 0.500. The molecule has 6 heteroatoms. The molecule has 1 saturated carbocycles. The molecule has 5 nitrogen and oxygen atoms in total. The van der Waals surface area contributed by atoms with Gasteiger partial charge in [0.05, 0.1) is 6.10 Å². The Kier molecular flexibility index (Phi) is 4.12. The lowest BCUT2D eigenvalue weighted by molar-refractivity contribution is 0.0657. The van der Waals surface area contributed by atoms with Crippen LogP contribution in [0.1, 0.15) is 31.6 Å². The minimum Gasteiger partial charge on any atom is -0.393 e. The molecule has 3 rings (SSSR count). The number of nitrogens with zero attached hydrogens (tertiary/aromatic N) is 3. The van der Waals surface area contributed by atoms with E-state index in [1.807, 2.05) is 12.1 Å². The van der Waals surface area contributed by atoms with Crippen LogP contribution in [0.4, 0.5) is 0 Å². The van der Waals surface area contributed by atoms with Gasteiger partial charge in [-0.1, -0.05) is 18.0 Å². The van der Waals surface area contributed by atoms with Crippen molar-refractivity contribution in [3.05, 3.63) is 28.7 Å². The van der Waals surface area contributed by atoms with E-state index < -0.39 is 0 Å². The summed E-state index contributed by atoms with van der Waals surface area (Å²) in [5.41, 5.74) is 0.687. The van der Waals surface area contributed by atoms with Crippen LogP contribution in [0.3, 0.4) is 0 Å².